The lowest BCUT2D eigenvalue weighted by atomic mass is 9.83. The number of rotatable bonds is 4. The summed E-state index contributed by atoms with van der Waals surface area (Å²) >= 11 is 0. The molecule has 184 valence electrons. The van der Waals surface area contributed by atoms with E-state index in [9.17, 15) is 14.4 Å². The second kappa shape index (κ2) is 7.92. The average molecular weight is 495 g/mol. The van der Waals surface area contributed by atoms with Crippen molar-refractivity contribution in [3.05, 3.63) is 83.4 Å². The number of hydrogen-bond acceptors (Lipinski definition) is 8. The Morgan fingerprint density at radius 2 is 1.70 bits per heavy atom. The van der Waals surface area contributed by atoms with Gasteiger partial charge in [-0.25, -0.2) is 4.90 Å². The predicted molar refractivity (Wildman–Crippen MR) is 132 cm³/mol. The summed E-state index contributed by atoms with van der Waals surface area (Å²) in [5.74, 6) is -1.10. The highest BCUT2D eigenvalue weighted by atomic mass is 16.7. The second-order valence-corrected chi connectivity index (χ2v) is 9.34. The smallest absolute Gasteiger partial charge is 0.240 e. The number of carbonyl (C=O) groups is 3. The second-order valence-electron chi connectivity index (χ2n) is 9.34. The van der Waals surface area contributed by atoms with Gasteiger partial charge in [0.05, 0.1) is 36.9 Å². The van der Waals surface area contributed by atoms with Gasteiger partial charge in [0.2, 0.25) is 18.6 Å². The van der Waals surface area contributed by atoms with Gasteiger partial charge in [-0.2, -0.15) is 5.10 Å². The van der Waals surface area contributed by atoms with Gasteiger partial charge in [0.15, 0.2) is 17.3 Å². The molecule has 0 radical (unpaired) electrons. The van der Waals surface area contributed by atoms with Crippen molar-refractivity contribution in [2.45, 2.75) is 12.1 Å². The first-order valence-corrected chi connectivity index (χ1v) is 11.9. The fourth-order valence-electron chi connectivity index (χ4n) is 5.87. The third-order valence-corrected chi connectivity index (χ3v) is 7.55. The molecule has 2 amide bonds. The summed E-state index contributed by atoms with van der Waals surface area (Å²) in [6.45, 7) is 0.0796. The molecule has 4 aliphatic heterocycles. The van der Waals surface area contributed by atoms with Gasteiger partial charge in [0.1, 0.15) is 11.8 Å². The van der Waals surface area contributed by atoms with Crippen LogP contribution in [0.1, 0.15) is 27.5 Å². The van der Waals surface area contributed by atoms with E-state index in [0.717, 1.165) is 11.1 Å². The number of benzene rings is 3. The van der Waals surface area contributed by atoms with Gasteiger partial charge >= 0.3 is 0 Å². The van der Waals surface area contributed by atoms with Gasteiger partial charge in [-0.05, 0) is 47.5 Å². The van der Waals surface area contributed by atoms with Crippen molar-refractivity contribution in [3.8, 4) is 17.2 Å². The van der Waals surface area contributed by atoms with Crippen molar-refractivity contribution in [2.24, 2.45) is 16.9 Å². The fourth-order valence-corrected chi connectivity index (χ4v) is 5.87. The Hall–Kier alpha value is -4.66. The maximum atomic E-state index is 14.0. The van der Waals surface area contributed by atoms with E-state index in [1.54, 1.807) is 60.8 Å². The molecule has 0 spiro atoms. The summed E-state index contributed by atoms with van der Waals surface area (Å²) in [6.07, 6.45) is 1.69. The Labute approximate surface area is 211 Å². The summed E-state index contributed by atoms with van der Waals surface area (Å²) in [4.78, 5) is 43.1. The quantitative estimate of drug-likeness (QED) is 0.405. The lowest BCUT2D eigenvalue weighted by Gasteiger charge is -2.33. The van der Waals surface area contributed by atoms with Crippen molar-refractivity contribution in [3.63, 3.8) is 0 Å². The molecule has 0 aliphatic carbocycles. The summed E-state index contributed by atoms with van der Waals surface area (Å²) in [6, 6.07) is 17.9. The first kappa shape index (κ1) is 21.6. The number of fused-ring (bicyclic) bond motifs is 6. The van der Waals surface area contributed by atoms with E-state index in [2.05, 4.69) is 5.10 Å². The van der Waals surface area contributed by atoms with Crippen LogP contribution in [0, 0.1) is 11.8 Å². The van der Waals surface area contributed by atoms with Crippen LogP contribution in [-0.4, -0.2) is 48.8 Å². The van der Waals surface area contributed by atoms with E-state index in [1.165, 1.54) is 4.90 Å². The fraction of sp³-hybridized carbons (Fsp3) is 0.214. The number of anilines is 1. The topological polar surface area (TPSA) is 97.7 Å². The van der Waals surface area contributed by atoms with Crippen LogP contribution in [0.3, 0.4) is 0 Å². The Balaban J connectivity index is 1.34. The summed E-state index contributed by atoms with van der Waals surface area (Å²) < 4.78 is 16.1. The number of hydrogen-bond donors (Lipinski definition) is 0. The van der Waals surface area contributed by atoms with Crippen LogP contribution < -0.4 is 19.1 Å². The number of ketones is 1. The first-order valence-electron chi connectivity index (χ1n) is 11.9. The minimum absolute atomic E-state index is 0.0796. The zero-order valence-corrected chi connectivity index (χ0v) is 19.7. The molecule has 4 heterocycles. The van der Waals surface area contributed by atoms with Gasteiger partial charge in [-0.1, -0.05) is 24.3 Å². The molecule has 4 aliphatic rings. The summed E-state index contributed by atoms with van der Waals surface area (Å²) in [5.41, 5.74) is 2.54. The average Bonchev–Trinajstić information content (AvgIpc) is 3.61. The number of Topliss-reactive ketones (excluding diaryl/α,β-unsaturated/α-hetero) is 1. The van der Waals surface area contributed by atoms with E-state index in [1.807, 2.05) is 24.3 Å². The molecule has 2 fully saturated rings. The van der Waals surface area contributed by atoms with Crippen LogP contribution in [0.5, 0.6) is 17.2 Å². The first-order chi connectivity index (χ1) is 18.1. The largest absolute Gasteiger partial charge is 0.497 e. The van der Waals surface area contributed by atoms with Crippen molar-refractivity contribution < 1.29 is 28.6 Å². The molecule has 37 heavy (non-hydrogen) atoms. The molecule has 0 saturated carbocycles. The molecule has 3 aromatic rings. The van der Waals surface area contributed by atoms with Crippen molar-refractivity contribution in [1.82, 2.24) is 5.01 Å². The highest BCUT2D eigenvalue weighted by Gasteiger charge is 2.65. The molecule has 0 bridgehead atoms. The molecule has 9 heteroatoms. The minimum atomic E-state index is -0.941. The van der Waals surface area contributed by atoms with Gasteiger partial charge in [-0.15, -0.1) is 0 Å². The zero-order chi connectivity index (χ0) is 25.3. The number of nitrogens with zero attached hydrogens (tertiary/aromatic N) is 3. The van der Waals surface area contributed by atoms with E-state index in [4.69, 9.17) is 14.2 Å². The summed E-state index contributed by atoms with van der Waals surface area (Å²) in [7, 11) is 1.55. The van der Waals surface area contributed by atoms with Crippen LogP contribution in [0.2, 0.25) is 0 Å². The van der Waals surface area contributed by atoms with Crippen molar-refractivity contribution in [2.75, 3.05) is 18.8 Å². The van der Waals surface area contributed by atoms with E-state index in [-0.39, 0.29) is 18.5 Å². The SMILES string of the molecule is COc1ccc(C(=O)[C@@H]2[C@@H]3C(=O)N(c4ccc5c(c4)OCO5)C(=O)[C@@H]3[C@@H]3c4ccccc4C=NN23)cc1. The molecule has 2 saturated heterocycles. The van der Waals surface area contributed by atoms with Crippen molar-refractivity contribution >= 4 is 29.5 Å². The molecule has 4 atom stereocenters. The lowest BCUT2D eigenvalue weighted by molar-refractivity contribution is -0.124. The van der Waals surface area contributed by atoms with Crippen molar-refractivity contribution in [1.29, 1.82) is 0 Å². The van der Waals surface area contributed by atoms with Crippen LogP contribution in [0.15, 0.2) is 71.8 Å². The van der Waals surface area contributed by atoms with Crippen LogP contribution in [0.4, 0.5) is 5.69 Å². The van der Waals surface area contributed by atoms with E-state index < -0.39 is 29.8 Å². The molecule has 9 nitrogen and oxygen atoms in total. The number of amides is 2. The number of carbonyl (C=O) groups excluding carboxylic acids is 3. The Bertz CT molecular complexity index is 1500. The number of ether oxygens (including phenoxy) is 3. The lowest BCUT2D eigenvalue weighted by Crippen LogP contribution is -2.44. The molecular weight excluding hydrogens is 474 g/mol. The standard InChI is InChI=1S/C28H21N3O6/c1-35-18-9-6-15(7-10-18)26(32)25-23-22(24-19-5-3-2-4-16(19)13-29-31(24)25)27(33)30(28(23)34)17-8-11-20-21(12-17)37-14-36-20/h2-13,22-25H,14H2,1H3/t22-,23+,24-,25-/m0/s1. The molecule has 0 aromatic heterocycles. The van der Waals surface area contributed by atoms with Gasteiger partial charge in [-0.3, -0.25) is 19.4 Å². The van der Waals surface area contributed by atoms with Gasteiger partial charge < -0.3 is 14.2 Å². The third-order valence-electron chi connectivity index (χ3n) is 7.55. The maximum absolute atomic E-state index is 14.0. The molecule has 7 rings (SSSR count). The Kier molecular flexibility index (Phi) is 4.63. The van der Waals surface area contributed by atoms with Gasteiger partial charge in [0.25, 0.3) is 0 Å². The van der Waals surface area contributed by atoms with E-state index >= 15 is 0 Å². The minimum Gasteiger partial charge on any atom is -0.497 e. The monoisotopic (exact) mass is 495 g/mol. The van der Waals surface area contributed by atoms with Crippen LogP contribution in [0.25, 0.3) is 0 Å². The summed E-state index contributed by atoms with van der Waals surface area (Å²) in [5, 5.41) is 6.24. The molecule has 3 aromatic carbocycles. The normalized spacial score (nSPS) is 24.7. The molecule has 0 N–H and O–H groups in total. The van der Waals surface area contributed by atoms with Crippen LogP contribution in [-0.2, 0) is 9.59 Å². The molecular formula is C28H21N3O6. The number of methoxy groups -OCH3 is 1. The molecule has 0 unspecified atom stereocenters. The zero-order valence-electron chi connectivity index (χ0n) is 19.7. The Morgan fingerprint density at radius 1 is 0.946 bits per heavy atom. The third kappa shape index (κ3) is 3.03. The Morgan fingerprint density at radius 3 is 2.51 bits per heavy atom. The van der Waals surface area contributed by atoms with Crippen LogP contribution >= 0.6 is 0 Å². The maximum Gasteiger partial charge on any atom is 0.240 e. The van der Waals surface area contributed by atoms with Gasteiger partial charge in [0, 0.05) is 11.6 Å². The predicted octanol–water partition coefficient (Wildman–Crippen LogP) is 3.19. The highest BCUT2D eigenvalue weighted by molar-refractivity contribution is 6.24. The number of imide groups is 1. The van der Waals surface area contributed by atoms with E-state index in [0.29, 0.717) is 28.5 Å². The highest BCUT2D eigenvalue weighted by Crippen LogP contribution is 2.53. The number of hydrazone groups is 1.